The Morgan fingerprint density at radius 1 is 1.43 bits per heavy atom. The summed E-state index contributed by atoms with van der Waals surface area (Å²) in [5.41, 5.74) is -1.73. The van der Waals surface area contributed by atoms with E-state index in [2.05, 4.69) is 5.32 Å². The first kappa shape index (κ1) is 17.7. The van der Waals surface area contributed by atoms with Gasteiger partial charge in [0.1, 0.15) is 5.82 Å². The highest BCUT2D eigenvalue weighted by Crippen LogP contribution is 2.31. The highest BCUT2D eigenvalue weighted by Gasteiger charge is 2.34. The van der Waals surface area contributed by atoms with Crippen LogP contribution in [-0.2, 0) is 10.9 Å². The number of carbonyl (C=O) groups is 1. The number of methoxy groups -OCH3 is 1. The number of nitrogens with one attached hydrogen (secondary N) is 1. The van der Waals surface area contributed by atoms with Gasteiger partial charge in [0.25, 0.3) is 5.91 Å². The largest absolute Gasteiger partial charge is 0.419 e. The van der Waals surface area contributed by atoms with Crippen molar-refractivity contribution in [2.24, 2.45) is 0 Å². The summed E-state index contributed by atoms with van der Waals surface area (Å²) in [5, 5.41) is 2.11. The summed E-state index contributed by atoms with van der Waals surface area (Å²) in [6, 6.07) is 2.10. The van der Waals surface area contributed by atoms with Crippen LogP contribution in [0.5, 0.6) is 0 Å². The van der Waals surface area contributed by atoms with Crippen molar-refractivity contribution in [3.8, 4) is 0 Å². The maximum Gasteiger partial charge on any atom is 0.419 e. The molecule has 3 nitrogen and oxygen atoms in total. The number of amides is 1. The van der Waals surface area contributed by atoms with E-state index in [0.29, 0.717) is 25.2 Å². The number of halogens is 5. The van der Waals surface area contributed by atoms with Crippen LogP contribution in [0.3, 0.4) is 0 Å². The van der Waals surface area contributed by atoms with Crippen molar-refractivity contribution in [2.75, 3.05) is 20.3 Å². The first-order valence-electron chi connectivity index (χ1n) is 6.03. The zero-order chi connectivity index (χ0) is 16.0. The van der Waals surface area contributed by atoms with Gasteiger partial charge in [-0.15, -0.1) is 11.6 Å². The van der Waals surface area contributed by atoms with Crippen LogP contribution < -0.4 is 5.32 Å². The Kier molecular flexibility index (Phi) is 6.42. The Labute approximate surface area is 124 Å². The number of carbonyl (C=O) groups excluding carboxylic acids is 1. The summed E-state index contributed by atoms with van der Waals surface area (Å²) in [7, 11) is 1.48. The Morgan fingerprint density at radius 2 is 2.10 bits per heavy atom. The van der Waals surface area contributed by atoms with Crippen molar-refractivity contribution >= 4 is 17.5 Å². The molecule has 1 aromatic carbocycles. The van der Waals surface area contributed by atoms with Crippen molar-refractivity contribution < 1.29 is 27.1 Å². The van der Waals surface area contributed by atoms with E-state index in [1.807, 2.05) is 0 Å². The van der Waals surface area contributed by atoms with Crippen molar-refractivity contribution in [3.63, 3.8) is 0 Å². The van der Waals surface area contributed by atoms with E-state index in [1.54, 1.807) is 0 Å². The van der Waals surface area contributed by atoms with Crippen molar-refractivity contribution in [1.82, 2.24) is 5.32 Å². The molecular weight excluding hydrogens is 314 g/mol. The number of hydrogen-bond donors (Lipinski definition) is 1. The Balaban J connectivity index is 2.67. The minimum atomic E-state index is -4.85. The molecule has 1 amide bonds. The molecule has 1 unspecified atom stereocenters. The Morgan fingerprint density at radius 3 is 2.67 bits per heavy atom. The van der Waals surface area contributed by atoms with Crippen LogP contribution in [0.2, 0.25) is 0 Å². The first-order chi connectivity index (χ1) is 9.75. The third-order valence-corrected chi connectivity index (χ3v) is 2.97. The summed E-state index contributed by atoms with van der Waals surface area (Å²) in [5.74, 6) is -2.14. The molecule has 1 N–H and O–H groups in total. The van der Waals surface area contributed by atoms with Crippen LogP contribution in [0.25, 0.3) is 0 Å². The fourth-order valence-corrected chi connectivity index (χ4v) is 1.83. The summed E-state index contributed by atoms with van der Waals surface area (Å²) >= 11 is 5.84. The lowest BCUT2D eigenvalue weighted by Crippen LogP contribution is -2.27. The van der Waals surface area contributed by atoms with Gasteiger partial charge in [-0.25, -0.2) is 4.39 Å². The molecule has 8 heteroatoms. The first-order valence-corrected chi connectivity index (χ1v) is 6.47. The van der Waals surface area contributed by atoms with Gasteiger partial charge in [-0.05, 0) is 24.6 Å². The molecule has 1 rings (SSSR count). The number of rotatable bonds is 6. The van der Waals surface area contributed by atoms with Crippen molar-refractivity contribution in [2.45, 2.75) is 18.0 Å². The summed E-state index contributed by atoms with van der Waals surface area (Å²) in [6.07, 6.45) is -4.45. The smallest absolute Gasteiger partial charge is 0.383 e. The molecule has 0 saturated carbocycles. The normalized spacial score (nSPS) is 13.0. The Bertz CT molecular complexity index is 494. The molecule has 118 valence electrons. The third kappa shape index (κ3) is 5.51. The van der Waals surface area contributed by atoms with Gasteiger partial charge in [0.05, 0.1) is 17.5 Å². The molecule has 0 aliphatic rings. The van der Waals surface area contributed by atoms with Gasteiger partial charge in [-0.2, -0.15) is 13.2 Å². The average Bonchev–Trinajstić information content (AvgIpc) is 2.38. The van der Waals surface area contributed by atoms with Crippen LogP contribution in [-0.4, -0.2) is 31.5 Å². The van der Waals surface area contributed by atoms with Gasteiger partial charge < -0.3 is 10.1 Å². The van der Waals surface area contributed by atoms with E-state index in [1.165, 1.54) is 7.11 Å². The maximum absolute atomic E-state index is 13.1. The quantitative estimate of drug-likeness (QED) is 0.643. The minimum Gasteiger partial charge on any atom is -0.383 e. The average molecular weight is 328 g/mol. The standard InChI is InChI=1S/C13H14ClF4NO2/c1-21-7-9(14)4-5-19-12(20)8-2-3-11(15)10(6-8)13(16,17)18/h2-3,6,9H,4-5,7H2,1H3,(H,19,20). The SMILES string of the molecule is COCC(Cl)CCNC(=O)c1ccc(F)c(C(F)(F)F)c1. The van der Waals surface area contributed by atoms with Crippen LogP contribution in [0.4, 0.5) is 17.6 Å². The molecule has 0 aliphatic carbocycles. The second-order valence-corrected chi connectivity index (χ2v) is 4.91. The monoisotopic (exact) mass is 327 g/mol. The van der Waals surface area contributed by atoms with Crippen LogP contribution in [0, 0.1) is 5.82 Å². The minimum absolute atomic E-state index is 0.176. The predicted octanol–water partition coefficient (Wildman–Crippen LogP) is 3.22. The molecule has 1 aromatic rings. The number of alkyl halides is 4. The lowest BCUT2D eigenvalue weighted by molar-refractivity contribution is -0.140. The highest BCUT2D eigenvalue weighted by atomic mass is 35.5. The molecular formula is C13H14ClF4NO2. The van der Waals surface area contributed by atoms with Crippen molar-refractivity contribution in [3.05, 3.63) is 35.1 Å². The van der Waals surface area contributed by atoms with E-state index in [4.69, 9.17) is 16.3 Å². The second kappa shape index (κ2) is 7.61. The second-order valence-electron chi connectivity index (χ2n) is 4.29. The highest BCUT2D eigenvalue weighted by molar-refractivity contribution is 6.20. The molecule has 0 aromatic heterocycles. The van der Waals surface area contributed by atoms with Gasteiger partial charge in [-0.1, -0.05) is 0 Å². The number of hydrogen-bond acceptors (Lipinski definition) is 2. The molecule has 0 aliphatic heterocycles. The number of ether oxygens (including phenoxy) is 1. The molecule has 0 radical (unpaired) electrons. The van der Waals surface area contributed by atoms with E-state index in [-0.39, 0.29) is 17.5 Å². The lowest BCUT2D eigenvalue weighted by atomic mass is 10.1. The molecule has 21 heavy (non-hydrogen) atoms. The molecule has 0 bridgehead atoms. The van der Waals surface area contributed by atoms with Crippen LogP contribution in [0.15, 0.2) is 18.2 Å². The molecule has 0 heterocycles. The summed E-state index contributed by atoms with van der Waals surface area (Å²) in [6.45, 7) is 0.473. The summed E-state index contributed by atoms with van der Waals surface area (Å²) in [4.78, 5) is 11.7. The summed E-state index contributed by atoms with van der Waals surface area (Å²) < 4.78 is 55.5. The molecule has 1 atom stereocenters. The zero-order valence-corrected chi connectivity index (χ0v) is 11.9. The number of benzene rings is 1. The topological polar surface area (TPSA) is 38.3 Å². The lowest BCUT2D eigenvalue weighted by Gasteiger charge is -2.11. The van der Waals surface area contributed by atoms with E-state index in [9.17, 15) is 22.4 Å². The third-order valence-electron chi connectivity index (χ3n) is 2.62. The predicted molar refractivity (Wildman–Crippen MR) is 69.9 cm³/mol. The molecule has 0 fully saturated rings. The van der Waals surface area contributed by atoms with E-state index < -0.39 is 23.5 Å². The molecule has 0 spiro atoms. The van der Waals surface area contributed by atoms with Crippen LogP contribution in [0.1, 0.15) is 22.3 Å². The molecule has 0 saturated heterocycles. The van der Waals surface area contributed by atoms with E-state index in [0.717, 1.165) is 6.07 Å². The van der Waals surface area contributed by atoms with Gasteiger partial charge in [0, 0.05) is 19.2 Å². The van der Waals surface area contributed by atoms with Gasteiger partial charge in [0.15, 0.2) is 0 Å². The van der Waals surface area contributed by atoms with E-state index >= 15 is 0 Å². The Hall–Kier alpha value is -1.34. The fraction of sp³-hybridized carbons (Fsp3) is 0.462. The van der Waals surface area contributed by atoms with Crippen LogP contribution >= 0.6 is 11.6 Å². The van der Waals surface area contributed by atoms with Gasteiger partial charge in [0.2, 0.25) is 0 Å². The maximum atomic E-state index is 13.1. The van der Waals surface area contributed by atoms with Gasteiger partial charge in [-0.3, -0.25) is 4.79 Å². The fourth-order valence-electron chi connectivity index (χ4n) is 1.59. The van der Waals surface area contributed by atoms with Crippen molar-refractivity contribution in [1.29, 1.82) is 0 Å². The zero-order valence-electron chi connectivity index (χ0n) is 11.1. The van der Waals surface area contributed by atoms with Gasteiger partial charge >= 0.3 is 6.18 Å².